The monoisotopic (exact) mass is 152 g/mol. The Hall–Kier alpha value is -0.0800. The highest BCUT2D eigenvalue weighted by atomic mass is 15.3. The molecular formula is C9H16N2. The number of nitrogens with two attached hydrogens (primary N) is 1. The molecule has 2 bridgehead atoms. The molecule has 2 heteroatoms. The molecule has 0 radical (unpaired) electrons. The fourth-order valence-electron chi connectivity index (χ4n) is 3.13. The first-order valence-electron chi connectivity index (χ1n) is 4.84. The minimum absolute atomic E-state index is 0.515. The van der Waals surface area contributed by atoms with Crippen molar-refractivity contribution in [1.82, 2.24) is 4.90 Å². The van der Waals surface area contributed by atoms with Crippen LogP contribution in [0.4, 0.5) is 0 Å². The molecule has 1 aliphatic carbocycles. The highest BCUT2D eigenvalue weighted by molar-refractivity contribution is 5.17. The van der Waals surface area contributed by atoms with E-state index in [9.17, 15) is 0 Å². The van der Waals surface area contributed by atoms with E-state index in [1.54, 1.807) is 0 Å². The molecule has 3 heterocycles. The molecule has 62 valence electrons. The fraction of sp³-hybridized carbons (Fsp3) is 1.00. The summed E-state index contributed by atoms with van der Waals surface area (Å²) in [6, 6.07) is 0.519. The quantitative estimate of drug-likeness (QED) is 0.550. The van der Waals surface area contributed by atoms with Crippen LogP contribution in [-0.2, 0) is 0 Å². The van der Waals surface area contributed by atoms with Gasteiger partial charge in [-0.15, -0.1) is 0 Å². The Labute approximate surface area is 67.7 Å². The van der Waals surface area contributed by atoms with Crippen LogP contribution in [0.5, 0.6) is 0 Å². The third-order valence-corrected chi connectivity index (χ3v) is 4.06. The lowest BCUT2D eigenvalue weighted by Gasteiger charge is -2.50. The normalized spacial score (nSPS) is 51.5. The summed E-state index contributed by atoms with van der Waals surface area (Å²) in [4.78, 5) is 2.65. The number of fused-ring (bicyclic) bond motifs is 2. The van der Waals surface area contributed by atoms with Crippen LogP contribution in [0.3, 0.4) is 0 Å². The Morgan fingerprint density at radius 1 is 1.18 bits per heavy atom. The Kier molecular flexibility index (Phi) is 1.06. The van der Waals surface area contributed by atoms with Crippen LogP contribution in [-0.4, -0.2) is 29.6 Å². The molecule has 2 N–H and O–H groups in total. The van der Waals surface area contributed by atoms with Crippen molar-refractivity contribution in [3.05, 3.63) is 0 Å². The summed E-state index contributed by atoms with van der Waals surface area (Å²) in [6.45, 7) is 2.66. The van der Waals surface area contributed by atoms with Crippen LogP contribution in [0.1, 0.15) is 25.7 Å². The molecule has 0 aromatic rings. The summed E-state index contributed by atoms with van der Waals surface area (Å²) in [7, 11) is 0. The second kappa shape index (κ2) is 1.80. The topological polar surface area (TPSA) is 29.3 Å². The van der Waals surface area contributed by atoms with Gasteiger partial charge in [-0.05, 0) is 44.7 Å². The Morgan fingerprint density at radius 3 is 2.18 bits per heavy atom. The number of hydrogen-bond donors (Lipinski definition) is 1. The van der Waals surface area contributed by atoms with Gasteiger partial charge < -0.3 is 5.73 Å². The summed E-state index contributed by atoms with van der Waals surface area (Å²) in [5.74, 6) is 0.863. The average molecular weight is 152 g/mol. The molecular weight excluding hydrogens is 136 g/mol. The van der Waals surface area contributed by atoms with Crippen LogP contribution >= 0.6 is 0 Å². The largest absolute Gasteiger partial charge is 0.326 e. The smallest absolute Gasteiger partial charge is 0.0364 e. The van der Waals surface area contributed by atoms with Gasteiger partial charge in [0.15, 0.2) is 0 Å². The summed E-state index contributed by atoms with van der Waals surface area (Å²) >= 11 is 0. The van der Waals surface area contributed by atoms with Gasteiger partial charge in [-0.25, -0.2) is 0 Å². The average Bonchev–Trinajstić information content (AvgIpc) is 2.82. The molecule has 1 saturated carbocycles. The Balaban J connectivity index is 1.95. The molecule has 1 spiro atoms. The number of nitrogens with zero attached hydrogens (tertiary/aromatic N) is 1. The molecule has 4 rings (SSSR count). The van der Waals surface area contributed by atoms with Crippen molar-refractivity contribution in [2.24, 2.45) is 11.7 Å². The lowest BCUT2D eigenvalue weighted by atomic mass is 9.77. The van der Waals surface area contributed by atoms with Gasteiger partial charge in [0.2, 0.25) is 0 Å². The van der Waals surface area contributed by atoms with Crippen molar-refractivity contribution in [2.45, 2.75) is 37.3 Å². The summed E-state index contributed by atoms with van der Waals surface area (Å²) in [5.41, 5.74) is 6.73. The van der Waals surface area contributed by atoms with Crippen molar-refractivity contribution >= 4 is 0 Å². The molecule has 3 aliphatic heterocycles. The standard InChI is InChI=1S/C9H16N2/c10-8-7-1-5-11(6-2-7)9(8)3-4-9/h7-8H,1-6,10H2/t8-/m1/s1. The fourth-order valence-corrected chi connectivity index (χ4v) is 3.13. The van der Waals surface area contributed by atoms with E-state index in [1.807, 2.05) is 0 Å². The van der Waals surface area contributed by atoms with Crippen molar-refractivity contribution in [2.75, 3.05) is 13.1 Å². The predicted octanol–water partition coefficient (Wildman–Crippen LogP) is 0.572. The zero-order valence-electron chi connectivity index (χ0n) is 6.92. The van der Waals surface area contributed by atoms with Crippen molar-refractivity contribution < 1.29 is 0 Å². The SMILES string of the molecule is N[C@@H]1C2CCN(CC2)C12CC2. The molecule has 1 atom stereocenters. The molecule has 11 heavy (non-hydrogen) atoms. The first-order valence-corrected chi connectivity index (χ1v) is 4.84. The van der Waals surface area contributed by atoms with Crippen LogP contribution in [0.2, 0.25) is 0 Å². The van der Waals surface area contributed by atoms with Gasteiger partial charge in [-0.2, -0.15) is 0 Å². The van der Waals surface area contributed by atoms with E-state index in [2.05, 4.69) is 4.90 Å². The maximum absolute atomic E-state index is 6.22. The predicted molar refractivity (Wildman–Crippen MR) is 44.2 cm³/mol. The summed E-state index contributed by atoms with van der Waals surface area (Å²) in [6.07, 6.45) is 5.49. The second-order valence-corrected chi connectivity index (χ2v) is 4.45. The van der Waals surface area contributed by atoms with Gasteiger partial charge in [-0.1, -0.05) is 0 Å². The zero-order valence-corrected chi connectivity index (χ0v) is 6.92. The van der Waals surface area contributed by atoms with E-state index < -0.39 is 0 Å². The lowest BCUT2D eigenvalue weighted by molar-refractivity contribution is 0.0125. The van der Waals surface area contributed by atoms with Gasteiger partial charge in [0.05, 0.1) is 0 Å². The number of piperidine rings is 3. The molecule has 4 aliphatic rings. The van der Waals surface area contributed by atoms with Crippen LogP contribution in [0, 0.1) is 5.92 Å². The van der Waals surface area contributed by atoms with Crippen LogP contribution in [0.25, 0.3) is 0 Å². The highest BCUT2D eigenvalue weighted by Crippen LogP contribution is 2.52. The Bertz CT molecular complexity index is 174. The van der Waals surface area contributed by atoms with Gasteiger partial charge in [-0.3, -0.25) is 4.90 Å². The van der Waals surface area contributed by atoms with Gasteiger partial charge >= 0.3 is 0 Å². The zero-order chi connectivity index (χ0) is 7.47. The number of rotatable bonds is 0. The summed E-state index contributed by atoms with van der Waals surface area (Å²) in [5, 5.41) is 0. The summed E-state index contributed by atoms with van der Waals surface area (Å²) < 4.78 is 0. The van der Waals surface area contributed by atoms with Crippen LogP contribution < -0.4 is 5.73 Å². The van der Waals surface area contributed by atoms with Gasteiger partial charge in [0.1, 0.15) is 0 Å². The van der Waals surface area contributed by atoms with E-state index in [-0.39, 0.29) is 0 Å². The van der Waals surface area contributed by atoms with Crippen molar-refractivity contribution in [3.63, 3.8) is 0 Å². The van der Waals surface area contributed by atoms with E-state index in [4.69, 9.17) is 5.73 Å². The molecule has 0 amide bonds. The van der Waals surface area contributed by atoms with E-state index in [0.717, 1.165) is 5.92 Å². The molecule has 0 unspecified atom stereocenters. The molecule has 2 nitrogen and oxygen atoms in total. The van der Waals surface area contributed by atoms with Crippen molar-refractivity contribution in [3.8, 4) is 0 Å². The number of hydrogen-bond acceptors (Lipinski definition) is 2. The van der Waals surface area contributed by atoms with Gasteiger partial charge in [0, 0.05) is 11.6 Å². The third-order valence-electron chi connectivity index (χ3n) is 4.06. The first-order chi connectivity index (χ1) is 5.33. The van der Waals surface area contributed by atoms with E-state index >= 15 is 0 Å². The van der Waals surface area contributed by atoms with E-state index in [1.165, 1.54) is 38.8 Å². The maximum atomic E-state index is 6.22. The minimum atomic E-state index is 0.515. The first kappa shape index (κ1) is 6.44. The molecule has 3 saturated heterocycles. The van der Waals surface area contributed by atoms with Crippen LogP contribution in [0.15, 0.2) is 0 Å². The third kappa shape index (κ3) is 0.651. The highest BCUT2D eigenvalue weighted by Gasteiger charge is 2.58. The lowest BCUT2D eigenvalue weighted by Crippen LogP contribution is -2.63. The van der Waals surface area contributed by atoms with Crippen molar-refractivity contribution in [1.29, 1.82) is 0 Å². The van der Waals surface area contributed by atoms with Gasteiger partial charge in [0.25, 0.3) is 0 Å². The Morgan fingerprint density at radius 2 is 1.82 bits per heavy atom. The maximum Gasteiger partial charge on any atom is 0.0364 e. The molecule has 0 aromatic carbocycles. The minimum Gasteiger partial charge on any atom is -0.326 e. The molecule has 0 aromatic heterocycles. The van der Waals surface area contributed by atoms with E-state index in [0.29, 0.717) is 11.6 Å². The molecule has 4 fully saturated rings. The second-order valence-electron chi connectivity index (χ2n) is 4.45.